The number of rotatable bonds is 6. The van der Waals surface area contributed by atoms with Gasteiger partial charge in [-0.15, -0.1) is 0 Å². The number of aromatic nitrogens is 3. The normalized spacial score (nSPS) is 17.1. The fraction of sp³-hybridized carbons (Fsp3) is 0.750. The molecule has 20 heavy (non-hydrogen) atoms. The first-order valence-corrected chi connectivity index (χ1v) is 8.43. The molecule has 2 rings (SSSR count). The Morgan fingerprint density at radius 2 is 2.10 bits per heavy atom. The van der Waals surface area contributed by atoms with Crippen LogP contribution in [-0.4, -0.2) is 59.8 Å². The van der Waals surface area contributed by atoms with Crippen LogP contribution < -0.4 is 10.2 Å². The molecule has 0 radical (unpaired) electrons. The Bertz CT molecular complexity index is 430. The molecule has 1 aromatic rings. The van der Waals surface area contributed by atoms with Gasteiger partial charge in [-0.3, -0.25) is 0 Å². The summed E-state index contributed by atoms with van der Waals surface area (Å²) in [6, 6.07) is 0. The van der Waals surface area contributed by atoms with Crippen LogP contribution in [0, 0.1) is 5.92 Å². The Kier molecular flexibility index (Phi) is 6.12. The van der Waals surface area contributed by atoms with Gasteiger partial charge in [0.25, 0.3) is 0 Å². The van der Waals surface area contributed by atoms with Gasteiger partial charge < -0.3 is 15.0 Å². The lowest BCUT2D eigenvalue weighted by Gasteiger charge is -2.26. The van der Waals surface area contributed by atoms with Gasteiger partial charge in [0.15, 0.2) is 0 Å². The Labute approximate surface area is 128 Å². The van der Waals surface area contributed by atoms with Crippen LogP contribution in [-0.2, 0) is 4.74 Å². The van der Waals surface area contributed by atoms with Gasteiger partial charge in [-0.25, -0.2) is 0 Å². The van der Waals surface area contributed by atoms with Gasteiger partial charge in [-0.2, -0.15) is 26.7 Å². The van der Waals surface area contributed by atoms with Crippen molar-refractivity contribution < 1.29 is 4.74 Å². The van der Waals surface area contributed by atoms with Crippen molar-refractivity contribution >= 4 is 35.3 Å². The first-order valence-electron chi connectivity index (χ1n) is 6.66. The quantitative estimate of drug-likeness (QED) is 0.858. The molecule has 0 amide bonds. The van der Waals surface area contributed by atoms with E-state index in [2.05, 4.69) is 38.3 Å². The van der Waals surface area contributed by atoms with Gasteiger partial charge in [0, 0.05) is 19.6 Å². The minimum atomic E-state index is 0.224. The second kappa shape index (κ2) is 7.85. The van der Waals surface area contributed by atoms with Crippen molar-refractivity contribution in [2.75, 3.05) is 55.1 Å². The summed E-state index contributed by atoms with van der Waals surface area (Å²) in [7, 11) is 0. The average molecular weight is 318 g/mol. The van der Waals surface area contributed by atoms with Crippen LogP contribution in [0.2, 0.25) is 5.28 Å². The summed E-state index contributed by atoms with van der Waals surface area (Å²) >= 11 is 7.81. The first-order chi connectivity index (χ1) is 9.69. The zero-order valence-corrected chi connectivity index (χ0v) is 13.4. The minimum Gasteiger partial charge on any atom is -0.378 e. The van der Waals surface area contributed by atoms with Crippen molar-refractivity contribution in [3.63, 3.8) is 0 Å². The van der Waals surface area contributed by atoms with E-state index in [1.54, 1.807) is 0 Å². The Balaban J connectivity index is 2.00. The lowest BCUT2D eigenvalue weighted by atomic mass is 10.2. The minimum absolute atomic E-state index is 0.224. The van der Waals surface area contributed by atoms with Gasteiger partial charge in [-0.1, -0.05) is 6.92 Å². The smallest absolute Gasteiger partial charge is 0.231 e. The number of nitrogens with one attached hydrogen (secondary N) is 1. The number of halogens is 1. The maximum absolute atomic E-state index is 5.98. The number of nitrogens with zero attached hydrogens (tertiary/aromatic N) is 4. The summed E-state index contributed by atoms with van der Waals surface area (Å²) < 4.78 is 5.32. The van der Waals surface area contributed by atoms with Crippen LogP contribution in [0.4, 0.5) is 11.9 Å². The van der Waals surface area contributed by atoms with Crippen molar-refractivity contribution in [3.05, 3.63) is 5.28 Å². The highest BCUT2D eigenvalue weighted by molar-refractivity contribution is 7.98. The Morgan fingerprint density at radius 1 is 1.35 bits per heavy atom. The highest BCUT2D eigenvalue weighted by atomic mass is 35.5. The maximum atomic E-state index is 5.98. The molecule has 1 aromatic heterocycles. The largest absolute Gasteiger partial charge is 0.378 e. The molecule has 1 fully saturated rings. The lowest BCUT2D eigenvalue weighted by molar-refractivity contribution is 0.122. The van der Waals surface area contributed by atoms with Crippen LogP contribution in [0.5, 0.6) is 0 Å². The van der Waals surface area contributed by atoms with Gasteiger partial charge >= 0.3 is 0 Å². The second-order valence-corrected chi connectivity index (χ2v) is 6.02. The molecule has 112 valence electrons. The van der Waals surface area contributed by atoms with Crippen molar-refractivity contribution in [3.8, 4) is 0 Å². The van der Waals surface area contributed by atoms with E-state index in [0.29, 0.717) is 31.0 Å². The molecular formula is C12H20ClN5OS. The van der Waals surface area contributed by atoms with Crippen molar-refractivity contribution in [2.45, 2.75) is 6.92 Å². The molecule has 6 nitrogen and oxygen atoms in total. The highest BCUT2D eigenvalue weighted by Gasteiger charge is 2.16. The maximum Gasteiger partial charge on any atom is 0.231 e. The predicted molar refractivity (Wildman–Crippen MR) is 83.9 cm³/mol. The molecule has 8 heteroatoms. The van der Waals surface area contributed by atoms with E-state index in [1.165, 1.54) is 0 Å². The zero-order chi connectivity index (χ0) is 14.4. The van der Waals surface area contributed by atoms with Crippen LogP contribution in [0.1, 0.15) is 6.92 Å². The van der Waals surface area contributed by atoms with Gasteiger partial charge in [-0.05, 0) is 29.5 Å². The van der Waals surface area contributed by atoms with Gasteiger partial charge in [0.2, 0.25) is 17.2 Å². The Morgan fingerprint density at radius 3 is 2.80 bits per heavy atom. The van der Waals surface area contributed by atoms with E-state index in [-0.39, 0.29) is 5.28 Å². The standard InChI is InChI=1S/C12H20ClN5OS/c1-9(8-20-2)7-14-11-15-10(13)16-12(17-11)18-3-5-19-6-4-18/h9H,3-8H2,1-2H3,(H,14,15,16,17). The fourth-order valence-electron chi connectivity index (χ4n) is 1.93. The molecule has 0 aliphatic carbocycles. The van der Waals surface area contributed by atoms with E-state index < -0.39 is 0 Å². The summed E-state index contributed by atoms with van der Waals surface area (Å²) in [4.78, 5) is 14.8. The van der Waals surface area contributed by atoms with Crippen LogP contribution in [0.3, 0.4) is 0 Å². The topological polar surface area (TPSA) is 63.2 Å². The lowest BCUT2D eigenvalue weighted by Crippen LogP contribution is -2.37. The molecule has 0 bridgehead atoms. The fourth-order valence-corrected chi connectivity index (χ4v) is 2.77. The number of anilines is 2. The summed E-state index contributed by atoms with van der Waals surface area (Å²) in [6.07, 6.45) is 2.10. The van der Waals surface area contributed by atoms with Gasteiger partial charge in [0.1, 0.15) is 0 Å². The van der Waals surface area contributed by atoms with E-state index in [0.717, 1.165) is 25.4 Å². The molecule has 1 unspecified atom stereocenters. The van der Waals surface area contributed by atoms with Crippen LogP contribution in [0.25, 0.3) is 0 Å². The first kappa shape index (κ1) is 15.6. The monoisotopic (exact) mass is 317 g/mol. The molecule has 1 N–H and O–H groups in total. The third-order valence-corrected chi connectivity index (χ3v) is 4.02. The van der Waals surface area contributed by atoms with E-state index in [4.69, 9.17) is 16.3 Å². The predicted octanol–water partition coefficient (Wildman–Crippen LogP) is 1.77. The van der Waals surface area contributed by atoms with E-state index in [1.807, 2.05) is 11.8 Å². The molecule has 0 spiro atoms. The number of hydrogen-bond acceptors (Lipinski definition) is 7. The SMILES string of the molecule is CSCC(C)CNc1nc(Cl)nc(N2CCOCC2)n1. The van der Waals surface area contributed by atoms with Crippen molar-refractivity contribution in [2.24, 2.45) is 5.92 Å². The highest BCUT2D eigenvalue weighted by Crippen LogP contribution is 2.15. The third kappa shape index (κ3) is 4.64. The number of ether oxygens (including phenoxy) is 1. The molecule has 2 heterocycles. The zero-order valence-electron chi connectivity index (χ0n) is 11.8. The van der Waals surface area contributed by atoms with E-state index >= 15 is 0 Å². The number of morpholine rings is 1. The summed E-state index contributed by atoms with van der Waals surface area (Å²) in [5.74, 6) is 2.81. The second-order valence-electron chi connectivity index (χ2n) is 4.77. The molecule has 1 saturated heterocycles. The molecule has 0 saturated carbocycles. The molecule has 1 aliphatic rings. The average Bonchev–Trinajstić information content (AvgIpc) is 2.46. The molecular weight excluding hydrogens is 298 g/mol. The van der Waals surface area contributed by atoms with Crippen molar-refractivity contribution in [1.29, 1.82) is 0 Å². The summed E-state index contributed by atoms with van der Waals surface area (Å²) in [6.45, 7) is 5.96. The third-order valence-electron chi connectivity index (χ3n) is 2.95. The van der Waals surface area contributed by atoms with Gasteiger partial charge in [0.05, 0.1) is 13.2 Å². The molecule has 1 atom stereocenters. The van der Waals surface area contributed by atoms with Crippen LogP contribution in [0.15, 0.2) is 0 Å². The Hall–Kier alpha value is -0.790. The molecule has 1 aliphatic heterocycles. The van der Waals surface area contributed by atoms with Crippen LogP contribution >= 0.6 is 23.4 Å². The number of thioether (sulfide) groups is 1. The summed E-state index contributed by atoms with van der Waals surface area (Å²) in [5, 5.41) is 3.46. The molecule has 0 aromatic carbocycles. The van der Waals surface area contributed by atoms with E-state index in [9.17, 15) is 0 Å². The van der Waals surface area contributed by atoms with Crippen molar-refractivity contribution in [1.82, 2.24) is 15.0 Å². The summed E-state index contributed by atoms with van der Waals surface area (Å²) in [5.41, 5.74) is 0. The number of hydrogen-bond donors (Lipinski definition) is 1.